The summed E-state index contributed by atoms with van der Waals surface area (Å²) in [6, 6.07) is 15.8. The van der Waals surface area contributed by atoms with Crippen LogP contribution in [0.4, 0.5) is 10.2 Å². The zero-order valence-electron chi connectivity index (χ0n) is 16.1. The molecule has 0 saturated carbocycles. The van der Waals surface area contributed by atoms with E-state index in [-0.39, 0.29) is 30.0 Å². The van der Waals surface area contributed by atoms with Crippen molar-refractivity contribution in [2.75, 3.05) is 5.32 Å². The molecule has 1 unspecified atom stereocenters. The molecule has 0 spiro atoms. The number of anilines is 1. The molecule has 0 aliphatic carbocycles. The third kappa shape index (κ3) is 3.12. The number of halogens is 1. The Kier molecular flexibility index (Phi) is 4.31. The Morgan fingerprint density at radius 2 is 1.87 bits per heavy atom. The van der Waals surface area contributed by atoms with Crippen molar-refractivity contribution in [2.45, 2.75) is 19.3 Å². The van der Waals surface area contributed by atoms with Crippen molar-refractivity contribution in [1.82, 2.24) is 25.0 Å². The highest BCUT2D eigenvalue weighted by Gasteiger charge is 2.33. The summed E-state index contributed by atoms with van der Waals surface area (Å²) in [5.41, 5.74) is 4.02. The fraction of sp³-hybridized carbons (Fsp3) is 0.136. The van der Waals surface area contributed by atoms with E-state index < -0.39 is 0 Å². The van der Waals surface area contributed by atoms with Crippen molar-refractivity contribution in [1.29, 1.82) is 0 Å². The van der Waals surface area contributed by atoms with Crippen LogP contribution >= 0.6 is 0 Å². The van der Waals surface area contributed by atoms with Crippen LogP contribution in [0.15, 0.2) is 60.8 Å². The average molecular weight is 400 g/mol. The third-order valence-electron chi connectivity index (χ3n) is 5.18. The minimum atomic E-state index is -0.316. The second-order valence-corrected chi connectivity index (χ2v) is 7.12. The number of aromatic nitrogens is 5. The first-order valence-corrected chi connectivity index (χ1v) is 9.50. The number of aryl methyl sites for hydroxylation is 1. The fourth-order valence-electron chi connectivity index (χ4n) is 3.80. The number of carbonyl (C=O) groups excluding carboxylic acids is 1. The topological polar surface area (TPSA) is 85.6 Å². The number of nitrogens with one attached hydrogen (secondary N) is 1. The van der Waals surface area contributed by atoms with Gasteiger partial charge in [-0.25, -0.2) is 9.37 Å². The molecule has 3 heterocycles. The highest BCUT2D eigenvalue weighted by molar-refractivity contribution is 5.95. The minimum absolute atomic E-state index is 0.148. The van der Waals surface area contributed by atoms with Crippen LogP contribution < -0.4 is 5.32 Å². The molecular weight excluding hydrogens is 383 g/mol. The second-order valence-electron chi connectivity index (χ2n) is 7.12. The number of hydrogen-bond acceptors (Lipinski definition) is 5. The molecule has 0 radical (unpaired) electrons. The van der Waals surface area contributed by atoms with E-state index in [4.69, 9.17) is 0 Å². The molecule has 2 aromatic heterocycles. The van der Waals surface area contributed by atoms with Gasteiger partial charge in [0.05, 0.1) is 17.6 Å². The fourth-order valence-corrected chi connectivity index (χ4v) is 3.80. The maximum absolute atomic E-state index is 13.4. The van der Waals surface area contributed by atoms with Gasteiger partial charge in [0.15, 0.2) is 0 Å². The Morgan fingerprint density at radius 3 is 2.63 bits per heavy atom. The molecule has 1 N–H and O–H groups in total. The van der Waals surface area contributed by atoms with Gasteiger partial charge < -0.3 is 5.32 Å². The molecule has 7 nitrogen and oxygen atoms in total. The number of benzene rings is 2. The van der Waals surface area contributed by atoms with Crippen LogP contribution in [0.1, 0.15) is 29.2 Å². The molecule has 1 aliphatic heterocycles. The van der Waals surface area contributed by atoms with E-state index in [2.05, 4.69) is 25.6 Å². The van der Waals surface area contributed by atoms with Crippen molar-refractivity contribution < 1.29 is 9.18 Å². The summed E-state index contributed by atoms with van der Waals surface area (Å²) in [5, 5.41) is 15.7. The summed E-state index contributed by atoms with van der Waals surface area (Å²) in [4.78, 5) is 17.1. The van der Waals surface area contributed by atoms with Gasteiger partial charge in [-0.3, -0.25) is 4.79 Å². The number of fused-ring (bicyclic) bond motifs is 1. The summed E-state index contributed by atoms with van der Waals surface area (Å²) >= 11 is 0. The molecular formula is C22H17FN6O. The van der Waals surface area contributed by atoms with E-state index in [9.17, 15) is 9.18 Å². The van der Waals surface area contributed by atoms with Gasteiger partial charge in [0.1, 0.15) is 11.6 Å². The molecule has 0 saturated heterocycles. The van der Waals surface area contributed by atoms with Crippen LogP contribution in [0.5, 0.6) is 0 Å². The van der Waals surface area contributed by atoms with Crippen LogP contribution in [-0.4, -0.2) is 30.9 Å². The number of rotatable bonds is 3. The largest absolute Gasteiger partial charge is 0.310 e. The lowest BCUT2D eigenvalue weighted by Gasteiger charge is -2.24. The maximum Gasteiger partial charge on any atom is 0.272 e. The zero-order chi connectivity index (χ0) is 20.7. The van der Waals surface area contributed by atoms with Crippen molar-refractivity contribution in [2.24, 2.45) is 0 Å². The van der Waals surface area contributed by atoms with Gasteiger partial charge in [-0.15, -0.1) is 5.10 Å². The van der Waals surface area contributed by atoms with Gasteiger partial charge in [0.25, 0.3) is 5.95 Å². The minimum Gasteiger partial charge on any atom is -0.310 e. The molecule has 30 heavy (non-hydrogen) atoms. The molecule has 1 amide bonds. The van der Waals surface area contributed by atoms with E-state index in [1.165, 1.54) is 16.8 Å². The van der Waals surface area contributed by atoms with Crippen LogP contribution in [0.25, 0.3) is 17.2 Å². The lowest BCUT2D eigenvalue weighted by molar-refractivity contribution is -0.116. The quantitative estimate of drug-likeness (QED) is 0.567. The standard InChI is InChI=1S/C22H17FN6O/c1-13-20-17(14-7-9-16(23)10-8-14)11-19(30)26-21(20)29(28-13)22-25-18(12-24-27-22)15-5-3-2-4-6-15/h2-10,12,17H,11H2,1H3,(H,26,30). The molecule has 1 atom stereocenters. The van der Waals surface area contributed by atoms with E-state index in [0.29, 0.717) is 11.5 Å². The highest BCUT2D eigenvalue weighted by Crippen LogP contribution is 2.39. The Balaban J connectivity index is 1.62. The van der Waals surface area contributed by atoms with Gasteiger partial charge in [0.2, 0.25) is 5.91 Å². The summed E-state index contributed by atoms with van der Waals surface area (Å²) in [7, 11) is 0. The van der Waals surface area contributed by atoms with E-state index in [1.807, 2.05) is 37.3 Å². The molecule has 0 bridgehead atoms. The summed E-state index contributed by atoms with van der Waals surface area (Å²) in [5.74, 6) is 0.0909. The predicted octanol–water partition coefficient (Wildman–Crippen LogP) is 3.65. The van der Waals surface area contributed by atoms with Crippen molar-refractivity contribution in [3.05, 3.63) is 83.4 Å². The Hall–Kier alpha value is -3.94. The van der Waals surface area contributed by atoms with Crippen LogP contribution in [0.3, 0.4) is 0 Å². The summed E-state index contributed by atoms with van der Waals surface area (Å²) in [6.07, 6.45) is 1.84. The normalized spacial score (nSPS) is 15.5. The van der Waals surface area contributed by atoms with Crippen molar-refractivity contribution in [3.63, 3.8) is 0 Å². The lowest BCUT2D eigenvalue weighted by atomic mass is 9.86. The van der Waals surface area contributed by atoms with E-state index >= 15 is 0 Å². The smallest absolute Gasteiger partial charge is 0.272 e. The van der Waals surface area contributed by atoms with Crippen molar-refractivity contribution in [3.8, 4) is 17.2 Å². The SMILES string of the molecule is Cc1nn(-c2nncc(-c3ccccc3)n2)c2c1C(c1ccc(F)cc1)CC(=O)N2. The van der Waals surface area contributed by atoms with E-state index in [0.717, 1.165) is 22.4 Å². The number of hydrogen-bond donors (Lipinski definition) is 1. The summed E-state index contributed by atoms with van der Waals surface area (Å²) in [6.45, 7) is 1.87. The Labute approximate surface area is 171 Å². The second kappa shape index (κ2) is 7.14. The first kappa shape index (κ1) is 18.1. The Bertz CT molecular complexity index is 1240. The van der Waals surface area contributed by atoms with Crippen LogP contribution in [-0.2, 0) is 4.79 Å². The van der Waals surface area contributed by atoms with Gasteiger partial charge in [-0.1, -0.05) is 42.5 Å². The average Bonchev–Trinajstić information content (AvgIpc) is 3.11. The molecule has 4 aromatic rings. The monoisotopic (exact) mass is 400 g/mol. The van der Waals surface area contributed by atoms with Gasteiger partial charge in [-0.05, 0) is 24.6 Å². The third-order valence-corrected chi connectivity index (χ3v) is 5.18. The molecule has 1 aliphatic rings. The Morgan fingerprint density at radius 1 is 1.10 bits per heavy atom. The number of carbonyl (C=O) groups is 1. The number of amides is 1. The molecule has 0 fully saturated rings. The molecule has 2 aromatic carbocycles. The maximum atomic E-state index is 13.4. The molecule has 8 heteroatoms. The van der Waals surface area contributed by atoms with Gasteiger partial charge in [-0.2, -0.15) is 14.9 Å². The predicted molar refractivity (Wildman–Crippen MR) is 109 cm³/mol. The highest BCUT2D eigenvalue weighted by atomic mass is 19.1. The zero-order valence-corrected chi connectivity index (χ0v) is 16.1. The first-order valence-electron chi connectivity index (χ1n) is 9.50. The van der Waals surface area contributed by atoms with Crippen LogP contribution in [0.2, 0.25) is 0 Å². The van der Waals surface area contributed by atoms with Crippen molar-refractivity contribution >= 4 is 11.7 Å². The molecule has 148 valence electrons. The molecule has 5 rings (SSSR count). The lowest BCUT2D eigenvalue weighted by Crippen LogP contribution is -2.25. The summed E-state index contributed by atoms with van der Waals surface area (Å²) < 4.78 is 14.9. The van der Waals surface area contributed by atoms with E-state index in [1.54, 1.807) is 18.3 Å². The van der Waals surface area contributed by atoms with Gasteiger partial charge >= 0.3 is 0 Å². The first-order chi connectivity index (χ1) is 14.6. The van der Waals surface area contributed by atoms with Crippen LogP contribution in [0, 0.1) is 12.7 Å². The van der Waals surface area contributed by atoms with Gasteiger partial charge in [0, 0.05) is 23.5 Å². The number of nitrogens with zero attached hydrogens (tertiary/aromatic N) is 5.